The normalized spacial score (nSPS) is 26.5. The van der Waals surface area contributed by atoms with Crippen LogP contribution in [0.3, 0.4) is 0 Å². The van der Waals surface area contributed by atoms with Gasteiger partial charge in [0.15, 0.2) is 27.9 Å². The fraction of sp³-hybridized carbons (Fsp3) is 0.714. The van der Waals surface area contributed by atoms with Gasteiger partial charge in [0, 0.05) is 14.1 Å². The average Bonchev–Trinajstić information content (AvgIpc) is 3.23. The van der Waals surface area contributed by atoms with E-state index in [-0.39, 0.29) is 27.5 Å². The van der Waals surface area contributed by atoms with Crippen LogP contribution in [-0.2, 0) is 18.3 Å². The molecule has 0 bridgehead atoms. The Morgan fingerprint density at radius 1 is 0.974 bits per heavy atom. The van der Waals surface area contributed by atoms with E-state index in [1.807, 2.05) is 37.2 Å². The summed E-state index contributed by atoms with van der Waals surface area (Å²) in [6.45, 7) is 22.6. The lowest BCUT2D eigenvalue weighted by atomic mass is 9.98. The second-order valence-corrected chi connectivity index (χ2v) is 24.2. The lowest BCUT2D eigenvalue weighted by Crippen LogP contribution is -2.62. The van der Waals surface area contributed by atoms with Crippen molar-refractivity contribution in [2.24, 2.45) is 4.99 Å². The minimum atomic E-state index is -2.26. The van der Waals surface area contributed by atoms with Crippen molar-refractivity contribution in [1.82, 2.24) is 4.90 Å². The Kier molecular flexibility index (Phi) is 9.38. The summed E-state index contributed by atoms with van der Waals surface area (Å²) in [6, 6.07) is 8.82. The zero-order valence-corrected chi connectivity index (χ0v) is 28.1. The third-order valence-electron chi connectivity index (χ3n) is 8.38. The topological polar surface area (TPSA) is 69.6 Å². The molecule has 0 radical (unpaired) electrons. The van der Waals surface area contributed by atoms with Crippen LogP contribution >= 0.6 is 11.8 Å². The van der Waals surface area contributed by atoms with E-state index in [4.69, 9.17) is 23.3 Å². The molecule has 1 saturated heterocycles. The number of fused-ring (bicyclic) bond motifs is 1. The van der Waals surface area contributed by atoms with Gasteiger partial charge in [-0.15, -0.1) is 0 Å². The molecule has 2 aliphatic heterocycles. The first kappa shape index (κ1) is 31.4. The molecule has 3 rings (SSSR count). The molecule has 0 amide bonds. The molecule has 1 fully saturated rings. The zero-order chi connectivity index (χ0) is 28.7. The van der Waals surface area contributed by atoms with Gasteiger partial charge in [-0.05, 0) is 48.4 Å². The maximum Gasteiger partial charge on any atom is 0.338 e. The van der Waals surface area contributed by atoms with Crippen LogP contribution in [0.5, 0.6) is 0 Å². The molecule has 2 heterocycles. The van der Waals surface area contributed by atoms with Gasteiger partial charge in [0.25, 0.3) is 0 Å². The van der Waals surface area contributed by atoms with E-state index < -0.39 is 34.9 Å². The molecule has 0 saturated carbocycles. The smallest absolute Gasteiger partial charge is 0.338 e. The van der Waals surface area contributed by atoms with E-state index in [0.717, 1.165) is 5.17 Å². The van der Waals surface area contributed by atoms with Crippen LogP contribution in [0.2, 0.25) is 36.3 Å². The number of rotatable bonds is 7. The molecule has 5 atom stereocenters. The van der Waals surface area contributed by atoms with Crippen molar-refractivity contribution < 1.29 is 23.1 Å². The van der Waals surface area contributed by atoms with E-state index in [9.17, 15) is 4.79 Å². The van der Waals surface area contributed by atoms with Gasteiger partial charge in [-0.25, -0.2) is 4.79 Å². The van der Waals surface area contributed by atoms with Gasteiger partial charge < -0.3 is 23.2 Å². The number of aliphatic imine (C=N–C) groups is 1. The van der Waals surface area contributed by atoms with Crippen molar-refractivity contribution in [3.8, 4) is 0 Å². The number of hydrogen-bond donors (Lipinski definition) is 0. The Morgan fingerprint density at radius 2 is 1.55 bits per heavy atom. The second-order valence-electron chi connectivity index (χ2n) is 13.6. The summed E-state index contributed by atoms with van der Waals surface area (Å²) in [5.74, 6) is -0.388. The monoisotopic (exact) mass is 580 g/mol. The summed E-state index contributed by atoms with van der Waals surface area (Å²) in [5, 5.41) is 0.908. The summed E-state index contributed by atoms with van der Waals surface area (Å²) in [7, 11) is -0.378. The highest BCUT2D eigenvalue weighted by Crippen LogP contribution is 2.45. The minimum absolute atomic E-state index is 0.0260. The molecule has 0 aromatic heterocycles. The van der Waals surface area contributed by atoms with Crippen LogP contribution in [-0.4, -0.2) is 83.2 Å². The maximum atomic E-state index is 13.4. The highest BCUT2D eigenvalue weighted by atomic mass is 32.2. The molecule has 0 unspecified atom stereocenters. The van der Waals surface area contributed by atoms with Crippen molar-refractivity contribution in [3.05, 3.63) is 35.9 Å². The lowest BCUT2D eigenvalue weighted by molar-refractivity contribution is -0.161. The van der Waals surface area contributed by atoms with Gasteiger partial charge in [-0.1, -0.05) is 71.5 Å². The largest absolute Gasteiger partial charge is 0.453 e. The lowest BCUT2D eigenvalue weighted by Gasteiger charge is -2.48. The molecule has 7 nitrogen and oxygen atoms in total. The first-order valence-corrected chi connectivity index (χ1v) is 20.2. The van der Waals surface area contributed by atoms with Crippen LogP contribution < -0.4 is 0 Å². The third-order valence-corrected chi connectivity index (χ3v) is 18.7. The molecule has 0 spiro atoms. The fourth-order valence-corrected chi connectivity index (χ4v) is 7.29. The van der Waals surface area contributed by atoms with Crippen LogP contribution in [0.15, 0.2) is 35.3 Å². The van der Waals surface area contributed by atoms with Gasteiger partial charge in [0.05, 0.1) is 12.2 Å². The highest BCUT2D eigenvalue weighted by Gasteiger charge is 2.55. The van der Waals surface area contributed by atoms with E-state index in [0.29, 0.717) is 12.2 Å². The maximum absolute atomic E-state index is 13.4. The van der Waals surface area contributed by atoms with E-state index >= 15 is 0 Å². The summed E-state index contributed by atoms with van der Waals surface area (Å²) in [5.41, 5.74) is 0.268. The Hall–Kier alpha value is -1.18. The third kappa shape index (κ3) is 6.93. The van der Waals surface area contributed by atoms with Crippen LogP contribution in [0.4, 0.5) is 0 Å². The molecular weight excluding hydrogens is 533 g/mol. The predicted molar refractivity (Wildman–Crippen MR) is 162 cm³/mol. The summed E-state index contributed by atoms with van der Waals surface area (Å²) >= 11 is 1.60. The predicted octanol–water partition coefficient (Wildman–Crippen LogP) is 6.38. The van der Waals surface area contributed by atoms with E-state index in [1.165, 1.54) is 0 Å². The summed E-state index contributed by atoms with van der Waals surface area (Å²) in [6.07, 6.45) is -1.58. The Labute approximate surface area is 236 Å². The number of carbonyl (C=O) groups excluding carboxylic acids is 1. The molecule has 1 aromatic rings. The first-order chi connectivity index (χ1) is 17.3. The number of hydrogen-bond acceptors (Lipinski definition) is 8. The Bertz CT molecular complexity index is 1000. The zero-order valence-electron chi connectivity index (χ0n) is 25.3. The quantitative estimate of drug-likeness (QED) is 0.274. The van der Waals surface area contributed by atoms with Gasteiger partial charge in [-0.2, -0.15) is 0 Å². The molecule has 0 aliphatic carbocycles. The number of amidine groups is 1. The van der Waals surface area contributed by atoms with Crippen LogP contribution in [0.25, 0.3) is 0 Å². The highest BCUT2D eigenvalue weighted by molar-refractivity contribution is 8.14. The van der Waals surface area contributed by atoms with Crippen molar-refractivity contribution in [2.45, 2.75) is 108 Å². The number of thioether (sulfide) groups is 1. The summed E-state index contributed by atoms with van der Waals surface area (Å²) < 4.78 is 26.7. The van der Waals surface area contributed by atoms with E-state index in [1.54, 1.807) is 23.9 Å². The van der Waals surface area contributed by atoms with Gasteiger partial charge in [-0.3, -0.25) is 4.99 Å². The molecular formula is C28H48N2O5SSi2. The molecule has 0 N–H and O–H groups in total. The molecule has 38 heavy (non-hydrogen) atoms. The van der Waals surface area contributed by atoms with Gasteiger partial charge >= 0.3 is 5.97 Å². The number of ether oxygens (including phenoxy) is 2. The van der Waals surface area contributed by atoms with Crippen molar-refractivity contribution in [3.63, 3.8) is 0 Å². The van der Waals surface area contributed by atoms with Gasteiger partial charge in [0.1, 0.15) is 23.7 Å². The van der Waals surface area contributed by atoms with Gasteiger partial charge in [0.2, 0.25) is 0 Å². The SMILES string of the molecule is CN(C)C1=N[C@@H]2[C@@H](O[Si](C)(C)C(C)(C)C)[C@H](OC(=O)c3ccccc3)[C@@H](CO[Si](C)(C)C(C)(C)C)O[C@@H]2S1. The van der Waals surface area contributed by atoms with Crippen molar-refractivity contribution >= 4 is 39.5 Å². The number of esters is 1. The minimum Gasteiger partial charge on any atom is -0.453 e. The Balaban J connectivity index is 2.02. The molecule has 1 aromatic carbocycles. The fourth-order valence-electron chi connectivity index (χ4n) is 3.81. The van der Waals surface area contributed by atoms with Crippen molar-refractivity contribution in [1.29, 1.82) is 0 Å². The number of carbonyl (C=O) groups is 1. The van der Waals surface area contributed by atoms with Crippen molar-refractivity contribution in [2.75, 3.05) is 20.7 Å². The second kappa shape index (κ2) is 11.4. The standard InChI is InChI=1S/C28H48N2O5SSi2/c1-27(2,3)37(9,10)32-18-20-22(34-24(31)19-16-14-13-15-17-19)23(35-38(11,12)28(4,5)6)21-25(33-20)36-26(29-21)30(7)8/h13-17,20-23,25H,18H2,1-12H3/t20-,21-,22-,23-,25-/m1/s1. The average molecular weight is 581 g/mol. The first-order valence-electron chi connectivity index (χ1n) is 13.5. The number of nitrogens with zero attached hydrogens (tertiary/aromatic N) is 2. The van der Waals surface area contributed by atoms with E-state index in [2.05, 4.69) is 67.7 Å². The Morgan fingerprint density at radius 3 is 2.08 bits per heavy atom. The summed E-state index contributed by atoms with van der Waals surface area (Å²) in [4.78, 5) is 20.4. The molecule has 10 heteroatoms. The number of benzene rings is 1. The van der Waals surface area contributed by atoms with Crippen LogP contribution in [0, 0.1) is 0 Å². The molecule has 2 aliphatic rings. The molecule has 214 valence electrons. The van der Waals surface area contributed by atoms with Crippen LogP contribution in [0.1, 0.15) is 51.9 Å².